The van der Waals surface area contributed by atoms with Gasteiger partial charge in [-0.1, -0.05) is 12.1 Å². The number of piperazine rings is 1. The maximum absolute atomic E-state index is 13.2. The van der Waals surface area contributed by atoms with Gasteiger partial charge in [-0.3, -0.25) is 9.59 Å². The highest BCUT2D eigenvalue weighted by Gasteiger charge is 2.36. The summed E-state index contributed by atoms with van der Waals surface area (Å²) in [7, 11) is 1.53. The van der Waals surface area contributed by atoms with E-state index in [1.54, 1.807) is 12.1 Å². The highest BCUT2D eigenvalue weighted by molar-refractivity contribution is 5.96. The third-order valence-electron chi connectivity index (χ3n) is 4.94. The maximum Gasteiger partial charge on any atom is 0.417 e. The van der Waals surface area contributed by atoms with Crippen molar-refractivity contribution in [3.63, 3.8) is 0 Å². The first-order valence-electron chi connectivity index (χ1n) is 10.2. The number of carbonyl (C=O) groups is 2. The Morgan fingerprint density at radius 2 is 1.76 bits per heavy atom. The summed E-state index contributed by atoms with van der Waals surface area (Å²) in [6, 6.07) is 8.04. The molecule has 0 bridgehead atoms. The Labute approximate surface area is 188 Å². The Morgan fingerprint density at radius 3 is 2.39 bits per heavy atom. The number of hydrogen-bond acceptors (Lipinski definition) is 7. The van der Waals surface area contributed by atoms with Crippen LogP contribution in [0.4, 0.5) is 24.8 Å². The first-order valence-corrected chi connectivity index (χ1v) is 10.2. The van der Waals surface area contributed by atoms with Gasteiger partial charge in [-0.15, -0.1) is 10.2 Å². The molecule has 0 saturated carbocycles. The van der Waals surface area contributed by atoms with Crippen molar-refractivity contribution in [1.29, 1.82) is 0 Å². The fourth-order valence-corrected chi connectivity index (χ4v) is 3.27. The average Bonchev–Trinajstić information content (AvgIpc) is 2.81. The SMILES string of the molecule is COCCOCC(=O)Nc1ccc(N2CCN(C(=O)c3ccccc3C(F)(F)F)CC2)nn1. The van der Waals surface area contributed by atoms with E-state index >= 15 is 0 Å². The molecular formula is C21H24F3N5O4. The summed E-state index contributed by atoms with van der Waals surface area (Å²) in [6.45, 7) is 1.79. The Kier molecular flexibility index (Phi) is 8.17. The molecule has 1 N–H and O–H groups in total. The van der Waals surface area contributed by atoms with E-state index in [2.05, 4.69) is 15.5 Å². The number of anilines is 2. The Hall–Kier alpha value is -3.25. The number of benzene rings is 1. The summed E-state index contributed by atoms with van der Waals surface area (Å²) < 4.78 is 49.6. The van der Waals surface area contributed by atoms with Crippen LogP contribution in [0.25, 0.3) is 0 Å². The van der Waals surface area contributed by atoms with E-state index in [0.717, 1.165) is 6.07 Å². The van der Waals surface area contributed by atoms with Crippen molar-refractivity contribution in [2.45, 2.75) is 6.18 Å². The van der Waals surface area contributed by atoms with Crippen LogP contribution in [0, 0.1) is 0 Å². The molecule has 1 saturated heterocycles. The number of nitrogens with one attached hydrogen (secondary N) is 1. The quantitative estimate of drug-likeness (QED) is 0.594. The minimum absolute atomic E-state index is 0.139. The second-order valence-corrected chi connectivity index (χ2v) is 7.19. The van der Waals surface area contributed by atoms with Crippen molar-refractivity contribution < 1.29 is 32.2 Å². The minimum Gasteiger partial charge on any atom is -0.382 e. The molecule has 1 fully saturated rings. The fourth-order valence-electron chi connectivity index (χ4n) is 3.27. The van der Waals surface area contributed by atoms with Crippen molar-refractivity contribution in [2.75, 3.05) is 63.3 Å². The molecule has 1 aliphatic rings. The minimum atomic E-state index is -4.60. The van der Waals surface area contributed by atoms with Gasteiger partial charge in [0.15, 0.2) is 11.6 Å². The Bertz CT molecular complexity index is 948. The zero-order valence-corrected chi connectivity index (χ0v) is 18.0. The summed E-state index contributed by atoms with van der Waals surface area (Å²) in [5, 5.41) is 10.6. The number of halogens is 3. The average molecular weight is 467 g/mol. The van der Waals surface area contributed by atoms with Gasteiger partial charge >= 0.3 is 6.18 Å². The lowest BCUT2D eigenvalue weighted by Crippen LogP contribution is -2.49. The molecule has 2 amide bonds. The van der Waals surface area contributed by atoms with Gasteiger partial charge in [-0.25, -0.2) is 0 Å². The van der Waals surface area contributed by atoms with Crippen molar-refractivity contribution in [1.82, 2.24) is 15.1 Å². The molecule has 12 heteroatoms. The summed E-state index contributed by atoms with van der Waals surface area (Å²) in [4.78, 5) is 27.8. The molecule has 9 nitrogen and oxygen atoms in total. The van der Waals surface area contributed by atoms with Crippen LogP contribution in [0.5, 0.6) is 0 Å². The highest BCUT2D eigenvalue weighted by Crippen LogP contribution is 2.32. The van der Waals surface area contributed by atoms with Crippen molar-refractivity contribution in [2.24, 2.45) is 0 Å². The predicted octanol–water partition coefficient (Wildman–Crippen LogP) is 2.06. The van der Waals surface area contributed by atoms with Gasteiger partial charge < -0.3 is 24.6 Å². The second-order valence-electron chi connectivity index (χ2n) is 7.19. The molecule has 0 radical (unpaired) electrons. The van der Waals surface area contributed by atoms with Crippen LogP contribution in [0.2, 0.25) is 0 Å². The topological polar surface area (TPSA) is 96.9 Å². The molecule has 0 atom stereocenters. The zero-order valence-electron chi connectivity index (χ0n) is 18.0. The number of carbonyl (C=O) groups excluding carboxylic acids is 2. The molecule has 2 heterocycles. The first-order chi connectivity index (χ1) is 15.8. The maximum atomic E-state index is 13.2. The third kappa shape index (κ3) is 6.62. The van der Waals surface area contributed by atoms with E-state index in [4.69, 9.17) is 9.47 Å². The number of methoxy groups -OCH3 is 1. The zero-order chi connectivity index (χ0) is 23.8. The summed E-state index contributed by atoms with van der Waals surface area (Å²) in [5.74, 6) is -0.234. The number of hydrogen-bond donors (Lipinski definition) is 1. The highest BCUT2D eigenvalue weighted by atomic mass is 19.4. The molecule has 0 spiro atoms. The van der Waals surface area contributed by atoms with Gasteiger partial charge in [-0.05, 0) is 24.3 Å². The molecule has 178 valence electrons. The molecule has 1 aromatic heterocycles. The van der Waals surface area contributed by atoms with Crippen LogP contribution in [0.15, 0.2) is 36.4 Å². The van der Waals surface area contributed by atoms with E-state index in [1.165, 1.54) is 30.2 Å². The van der Waals surface area contributed by atoms with Crippen molar-refractivity contribution >= 4 is 23.5 Å². The Morgan fingerprint density at radius 1 is 1.03 bits per heavy atom. The molecule has 3 rings (SSSR count). The molecule has 33 heavy (non-hydrogen) atoms. The molecular weight excluding hydrogens is 443 g/mol. The largest absolute Gasteiger partial charge is 0.417 e. The van der Waals surface area contributed by atoms with E-state index in [9.17, 15) is 22.8 Å². The smallest absolute Gasteiger partial charge is 0.382 e. The third-order valence-corrected chi connectivity index (χ3v) is 4.94. The van der Waals surface area contributed by atoms with Crippen molar-refractivity contribution in [3.05, 3.63) is 47.5 Å². The van der Waals surface area contributed by atoms with Crippen LogP contribution in [-0.2, 0) is 20.4 Å². The number of ether oxygens (including phenoxy) is 2. The van der Waals surface area contributed by atoms with Crippen LogP contribution in [0.1, 0.15) is 15.9 Å². The fraction of sp³-hybridized carbons (Fsp3) is 0.429. The number of aromatic nitrogens is 2. The van der Waals surface area contributed by atoms with Gasteiger partial charge in [0.25, 0.3) is 11.8 Å². The molecule has 0 aliphatic carbocycles. The molecule has 0 unspecified atom stereocenters. The standard InChI is InChI=1S/C21H24F3N5O4/c1-32-12-13-33-14-19(30)25-17-6-7-18(27-26-17)28-8-10-29(11-9-28)20(31)15-4-2-3-5-16(15)21(22,23)24/h2-7H,8-14H2,1H3,(H,25,26,30). The van der Waals surface area contributed by atoms with Gasteiger partial charge in [-0.2, -0.15) is 13.2 Å². The van der Waals surface area contributed by atoms with E-state index in [0.29, 0.717) is 32.1 Å². The molecule has 1 aromatic carbocycles. The normalized spacial score (nSPS) is 14.3. The second kappa shape index (κ2) is 11.1. The lowest BCUT2D eigenvalue weighted by Gasteiger charge is -2.35. The van der Waals surface area contributed by atoms with Crippen LogP contribution in [0.3, 0.4) is 0 Å². The van der Waals surface area contributed by atoms with Crippen LogP contribution >= 0.6 is 0 Å². The van der Waals surface area contributed by atoms with Gasteiger partial charge in [0.05, 0.1) is 24.3 Å². The van der Waals surface area contributed by atoms with Crippen LogP contribution < -0.4 is 10.2 Å². The summed E-state index contributed by atoms with van der Waals surface area (Å²) in [6.07, 6.45) is -4.60. The number of nitrogens with zero attached hydrogens (tertiary/aromatic N) is 4. The van der Waals surface area contributed by atoms with E-state index in [1.807, 2.05) is 4.90 Å². The lowest BCUT2D eigenvalue weighted by molar-refractivity contribution is -0.138. The first kappa shape index (κ1) is 24.4. The number of rotatable bonds is 8. The van der Waals surface area contributed by atoms with E-state index < -0.39 is 17.6 Å². The van der Waals surface area contributed by atoms with Crippen molar-refractivity contribution in [3.8, 4) is 0 Å². The number of alkyl halides is 3. The summed E-state index contributed by atoms with van der Waals surface area (Å²) >= 11 is 0. The summed E-state index contributed by atoms with van der Waals surface area (Å²) in [5.41, 5.74) is -1.30. The van der Waals surface area contributed by atoms with Gasteiger partial charge in [0.2, 0.25) is 0 Å². The number of amides is 2. The van der Waals surface area contributed by atoms with Gasteiger partial charge in [0, 0.05) is 33.3 Å². The van der Waals surface area contributed by atoms with E-state index in [-0.39, 0.29) is 37.0 Å². The van der Waals surface area contributed by atoms with Crippen LogP contribution in [-0.4, -0.2) is 80.0 Å². The molecule has 2 aromatic rings. The lowest BCUT2D eigenvalue weighted by atomic mass is 10.1. The van der Waals surface area contributed by atoms with Gasteiger partial charge in [0.1, 0.15) is 6.61 Å². The Balaban J connectivity index is 1.53. The monoisotopic (exact) mass is 467 g/mol. The molecule has 1 aliphatic heterocycles. The predicted molar refractivity (Wildman–Crippen MR) is 113 cm³/mol.